The summed E-state index contributed by atoms with van der Waals surface area (Å²) < 4.78 is 41.4. The fourth-order valence-electron chi connectivity index (χ4n) is 1.17. The van der Waals surface area contributed by atoms with Gasteiger partial charge in [-0.2, -0.15) is 14.0 Å². The van der Waals surface area contributed by atoms with Gasteiger partial charge in [0.15, 0.2) is 11.6 Å². The minimum atomic E-state index is -3.16. The molecule has 16 heavy (non-hydrogen) atoms. The van der Waals surface area contributed by atoms with Gasteiger partial charge in [-0.05, 0) is 19.1 Å². The number of rotatable bonds is 3. The monoisotopic (exact) mass is 229 g/mol. The Hall–Kier alpha value is -2.03. The molecule has 0 unspecified atom stereocenters. The van der Waals surface area contributed by atoms with E-state index < -0.39 is 35.1 Å². The molecule has 0 bridgehead atoms. The van der Waals surface area contributed by atoms with E-state index in [4.69, 9.17) is 5.26 Å². The van der Waals surface area contributed by atoms with Crippen molar-refractivity contribution in [2.45, 2.75) is 13.5 Å². The van der Waals surface area contributed by atoms with Crippen LogP contribution in [-0.2, 0) is 0 Å². The van der Waals surface area contributed by atoms with Crippen LogP contribution in [-0.4, -0.2) is 12.4 Å². The molecule has 0 aliphatic rings. The van der Waals surface area contributed by atoms with Gasteiger partial charge in [-0.15, -0.1) is 0 Å². The summed E-state index contributed by atoms with van der Waals surface area (Å²) in [7, 11) is 0. The number of ketones is 1. The summed E-state index contributed by atoms with van der Waals surface area (Å²) in [6, 6.07) is 3.44. The number of halogens is 3. The number of benzene rings is 1. The fourth-order valence-corrected chi connectivity index (χ4v) is 1.17. The molecule has 3 nitrogen and oxygen atoms in total. The summed E-state index contributed by atoms with van der Waals surface area (Å²) >= 11 is 0. The van der Waals surface area contributed by atoms with Crippen molar-refractivity contribution in [3.63, 3.8) is 0 Å². The number of hydrogen-bond donors (Lipinski definition) is 0. The van der Waals surface area contributed by atoms with Crippen molar-refractivity contribution >= 4 is 5.78 Å². The highest BCUT2D eigenvalue weighted by Crippen LogP contribution is 2.26. The Bertz CT molecular complexity index is 466. The molecule has 0 saturated carbocycles. The van der Waals surface area contributed by atoms with E-state index in [9.17, 15) is 18.0 Å². The summed E-state index contributed by atoms with van der Waals surface area (Å²) in [5.74, 6) is -2.50. The average molecular weight is 229 g/mol. The maximum atomic E-state index is 13.5. The zero-order chi connectivity index (χ0) is 12.3. The molecule has 0 amide bonds. The molecule has 1 aromatic carbocycles. The molecule has 0 aromatic heterocycles. The van der Waals surface area contributed by atoms with Crippen LogP contribution in [0, 0.1) is 17.1 Å². The number of carbonyl (C=O) groups excluding carboxylic acids is 1. The zero-order valence-electron chi connectivity index (χ0n) is 8.13. The highest BCUT2D eigenvalue weighted by molar-refractivity contribution is 5.97. The van der Waals surface area contributed by atoms with E-state index in [1.165, 1.54) is 6.07 Å². The fraction of sp³-hybridized carbons (Fsp3) is 0.200. The van der Waals surface area contributed by atoms with Crippen LogP contribution < -0.4 is 4.74 Å². The summed E-state index contributed by atoms with van der Waals surface area (Å²) in [6.07, 6.45) is 0. The van der Waals surface area contributed by atoms with Gasteiger partial charge in [-0.3, -0.25) is 4.79 Å². The van der Waals surface area contributed by atoms with E-state index in [0.29, 0.717) is 0 Å². The molecule has 0 spiro atoms. The van der Waals surface area contributed by atoms with Crippen LogP contribution in [0.5, 0.6) is 5.75 Å². The lowest BCUT2D eigenvalue weighted by molar-refractivity contribution is -0.0503. The van der Waals surface area contributed by atoms with E-state index >= 15 is 0 Å². The van der Waals surface area contributed by atoms with Crippen molar-refractivity contribution in [2.75, 3.05) is 0 Å². The smallest absolute Gasteiger partial charge is 0.387 e. The number of nitriles is 1. The molecule has 0 atom stereocenters. The van der Waals surface area contributed by atoms with E-state index in [1.54, 1.807) is 0 Å². The molecule has 1 aromatic rings. The average Bonchev–Trinajstić information content (AvgIpc) is 2.16. The summed E-state index contributed by atoms with van der Waals surface area (Å²) in [6.45, 7) is -2.16. The van der Waals surface area contributed by atoms with Gasteiger partial charge < -0.3 is 4.74 Å². The lowest BCUT2D eigenvalue weighted by Crippen LogP contribution is -2.09. The van der Waals surface area contributed by atoms with Crippen LogP contribution in [0.2, 0.25) is 0 Å². The SMILES string of the molecule is CC(=O)c1c(OC(F)F)ccc(C#N)c1F. The van der Waals surface area contributed by atoms with Crippen LogP contribution in [0.4, 0.5) is 13.2 Å². The van der Waals surface area contributed by atoms with Gasteiger partial charge in [0.2, 0.25) is 0 Å². The van der Waals surface area contributed by atoms with Crippen LogP contribution in [0.1, 0.15) is 22.8 Å². The van der Waals surface area contributed by atoms with Crippen molar-refractivity contribution in [3.05, 3.63) is 29.1 Å². The third-order valence-corrected chi connectivity index (χ3v) is 1.79. The Kier molecular flexibility index (Phi) is 3.51. The molecule has 0 heterocycles. The molecule has 0 aliphatic carbocycles. The largest absolute Gasteiger partial charge is 0.434 e. The normalized spacial score (nSPS) is 10.0. The van der Waals surface area contributed by atoms with Crippen LogP contribution in [0.25, 0.3) is 0 Å². The summed E-state index contributed by atoms with van der Waals surface area (Å²) in [4.78, 5) is 11.1. The highest BCUT2D eigenvalue weighted by atomic mass is 19.3. The quantitative estimate of drug-likeness (QED) is 0.748. The Morgan fingerprint density at radius 1 is 1.50 bits per heavy atom. The molecule has 0 fully saturated rings. The van der Waals surface area contributed by atoms with Gasteiger partial charge in [0.05, 0.1) is 11.1 Å². The lowest BCUT2D eigenvalue weighted by atomic mass is 10.1. The Labute approximate surface area is 89.1 Å². The minimum Gasteiger partial charge on any atom is -0.434 e. The molecule has 1 rings (SSSR count). The number of Topliss-reactive ketones (excluding diaryl/α,β-unsaturated/α-hetero) is 1. The number of alkyl halides is 2. The van der Waals surface area contributed by atoms with Crippen molar-refractivity contribution in [1.29, 1.82) is 5.26 Å². The standard InChI is InChI=1S/C10H6F3NO2/c1-5(15)8-7(16-10(12)13)3-2-6(4-14)9(8)11/h2-3,10H,1H3. The van der Waals surface area contributed by atoms with Crippen molar-refractivity contribution in [1.82, 2.24) is 0 Å². The first-order valence-electron chi connectivity index (χ1n) is 4.15. The Morgan fingerprint density at radius 3 is 2.56 bits per heavy atom. The van der Waals surface area contributed by atoms with E-state index in [1.807, 2.05) is 0 Å². The molecular weight excluding hydrogens is 223 g/mol. The van der Waals surface area contributed by atoms with E-state index in [-0.39, 0.29) is 0 Å². The predicted molar refractivity (Wildman–Crippen MR) is 47.8 cm³/mol. The molecule has 84 valence electrons. The maximum absolute atomic E-state index is 13.5. The highest BCUT2D eigenvalue weighted by Gasteiger charge is 2.20. The van der Waals surface area contributed by atoms with Crippen molar-refractivity contribution < 1.29 is 22.7 Å². The Balaban J connectivity index is 3.36. The molecule has 0 aliphatic heterocycles. The lowest BCUT2D eigenvalue weighted by Gasteiger charge is -2.09. The third kappa shape index (κ3) is 2.31. The van der Waals surface area contributed by atoms with Crippen LogP contribution in [0.3, 0.4) is 0 Å². The predicted octanol–water partition coefficient (Wildman–Crippen LogP) is 2.50. The topological polar surface area (TPSA) is 50.1 Å². The number of hydrogen-bond acceptors (Lipinski definition) is 3. The number of carbonyl (C=O) groups is 1. The maximum Gasteiger partial charge on any atom is 0.387 e. The molecule has 6 heteroatoms. The molecule has 0 saturated heterocycles. The molecule has 0 N–H and O–H groups in total. The second-order valence-corrected chi connectivity index (χ2v) is 2.85. The van der Waals surface area contributed by atoms with Gasteiger partial charge in [0.25, 0.3) is 0 Å². The molecule has 0 radical (unpaired) electrons. The third-order valence-electron chi connectivity index (χ3n) is 1.79. The van der Waals surface area contributed by atoms with Crippen molar-refractivity contribution in [3.8, 4) is 11.8 Å². The Morgan fingerprint density at radius 2 is 2.12 bits per heavy atom. The second kappa shape index (κ2) is 4.66. The minimum absolute atomic E-state index is 0.396. The number of ether oxygens (including phenoxy) is 1. The first kappa shape index (κ1) is 12.0. The van der Waals surface area contributed by atoms with Crippen LogP contribution >= 0.6 is 0 Å². The van der Waals surface area contributed by atoms with E-state index in [0.717, 1.165) is 19.1 Å². The van der Waals surface area contributed by atoms with Gasteiger partial charge in [-0.25, -0.2) is 4.39 Å². The molecular formula is C10H6F3NO2. The van der Waals surface area contributed by atoms with Gasteiger partial charge >= 0.3 is 6.61 Å². The van der Waals surface area contributed by atoms with Gasteiger partial charge in [0.1, 0.15) is 11.8 Å². The zero-order valence-corrected chi connectivity index (χ0v) is 8.13. The van der Waals surface area contributed by atoms with E-state index in [2.05, 4.69) is 4.74 Å². The van der Waals surface area contributed by atoms with Crippen LogP contribution in [0.15, 0.2) is 12.1 Å². The first-order valence-corrected chi connectivity index (χ1v) is 4.15. The van der Waals surface area contributed by atoms with Gasteiger partial charge in [0, 0.05) is 0 Å². The number of nitrogens with zero attached hydrogens (tertiary/aromatic N) is 1. The summed E-state index contributed by atoms with van der Waals surface area (Å²) in [5, 5.41) is 8.51. The van der Waals surface area contributed by atoms with Gasteiger partial charge in [-0.1, -0.05) is 0 Å². The first-order chi connectivity index (χ1) is 7.47. The summed E-state index contributed by atoms with van der Waals surface area (Å²) in [5.41, 5.74) is -1.04. The second-order valence-electron chi connectivity index (χ2n) is 2.85. The van der Waals surface area contributed by atoms with Crippen molar-refractivity contribution in [2.24, 2.45) is 0 Å².